The predicted octanol–water partition coefficient (Wildman–Crippen LogP) is 3.26. The average Bonchev–Trinajstić information content (AvgIpc) is 2.90. The fourth-order valence-electron chi connectivity index (χ4n) is 4.08. The second kappa shape index (κ2) is 13.0. The Labute approximate surface area is 212 Å². The van der Waals surface area contributed by atoms with Crippen LogP contribution in [0.15, 0.2) is 60.7 Å². The first kappa shape index (κ1) is 27.8. The molecule has 0 bridgehead atoms. The molecular weight excluding hydrogens is 464 g/mol. The van der Waals surface area contributed by atoms with Crippen molar-refractivity contribution in [3.05, 3.63) is 71.8 Å². The topological polar surface area (TPSA) is 112 Å². The van der Waals surface area contributed by atoms with Crippen molar-refractivity contribution in [1.82, 2.24) is 0 Å². The van der Waals surface area contributed by atoms with Crippen LogP contribution in [0.4, 0.5) is 0 Å². The molecule has 4 rings (SSSR count). The predicted molar refractivity (Wildman–Crippen MR) is 132 cm³/mol. The molecule has 0 saturated carbocycles. The highest BCUT2D eigenvalue weighted by Crippen LogP contribution is 2.24. The van der Waals surface area contributed by atoms with E-state index in [-0.39, 0.29) is 24.0 Å². The van der Waals surface area contributed by atoms with Gasteiger partial charge in [-0.2, -0.15) is 0 Å². The van der Waals surface area contributed by atoms with Gasteiger partial charge >= 0.3 is 11.9 Å². The van der Waals surface area contributed by atoms with E-state index in [9.17, 15) is 19.8 Å². The van der Waals surface area contributed by atoms with Crippen molar-refractivity contribution >= 4 is 11.9 Å². The Morgan fingerprint density at radius 2 is 1.11 bits per heavy atom. The van der Waals surface area contributed by atoms with Crippen LogP contribution in [-0.4, -0.2) is 72.0 Å². The number of rotatable bonds is 4. The highest BCUT2D eigenvalue weighted by molar-refractivity contribution is 5.89. The molecule has 0 radical (unpaired) electrons. The number of carbonyl (C=O) groups excluding carboxylic acids is 2. The Morgan fingerprint density at radius 1 is 0.667 bits per heavy atom. The maximum atomic E-state index is 11.9. The minimum atomic E-state index is -0.776. The average molecular weight is 501 g/mol. The molecule has 0 aliphatic carbocycles. The first-order valence-electron chi connectivity index (χ1n) is 12.3. The van der Waals surface area contributed by atoms with Gasteiger partial charge in [0.05, 0.1) is 42.7 Å². The van der Waals surface area contributed by atoms with E-state index in [1.54, 1.807) is 62.4 Å². The van der Waals surface area contributed by atoms with Gasteiger partial charge in [-0.1, -0.05) is 50.2 Å². The third-order valence-electron chi connectivity index (χ3n) is 6.51. The molecule has 0 spiro atoms. The molecule has 2 fully saturated rings. The van der Waals surface area contributed by atoms with Gasteiger partial charge in [0, 0.05) is 11.8 Å². The van der Waals surface area contributed by atoms with Gasteiger partial charge in [-0.05, 0) is 38.1 Å². The van der Waals surface area contributed by atoms with E-state index < -0.39 is 36.4 Å². The molecule has 2 aromatic rings. The van der Waals surface area contributed by atoms with Gasteiger partial charge in [-0.25, -0.2) is 9.59 Å². The summed E-state index contributed by atoms with van der Waals surface area (Å²) in [6.45, 7) is 8.34. The molecule has 36 heavy (non-hydrogen) atoms. The smallest absolute Gasteiger partial charge is 0.338 e. The summed E-state index contributed by atoms with van der Waals surface area (Å²) in [5, 5.41) is 20.0. The molecule has 8 nitrogen and oxygen atoms in total. The first-order valence-corrected chi connectivity index (χ1v) is 12.3. The third kappa shape index (κ3) is 7.13. The number of esters is 2. The van der Waals surface area contributed by atoms with Crippen molar-refractivity contribution in [2.75, 3.05) is 13.2 Å². The molecule has 0 amide bonds. The zero-order valence-corrected chi connectivity index (χ0v) is 21.2. The number of benzene rings is 2. The number of carbonyl (C=O) groups is 2. The van der Waals surface area contributed by atoms with E-state index >= 15 is 0 Å². The third-order valence-corrected chi connectivity index (χ3v) is 6.51. The van der Waals surface area contributed by atoms with Crippen LogP contribution in [0, 0.1) is 11.8 Å². The minimum Gasteiger partial charge on any atom is -0.456 e. The number of hydrogen-bond acceptors (Lipinski definition) is 8. The Balaban J connectivity index is 0.000000201. The quantitative estimate of drug-likeness (QED) is 0.616. The molecular formula is C28H36O8. The van der Waals surface area contributed by atoms with E-state index in [0.717, 1.165) is 0 Å². The Morgan fingerprint density at radius 3 is 1.64 bits per heavy atom. The van der Waals surface area contributed by atoms with Gasteiger partial charge in [0.2, 0.25) is 0 Å². The van der Waals surface area contributed by atoms with Crippen LogP contribution in [0.2, 0.25) is 0 Å². The van der Waals surface area contributed by atoms with Gasteiger partial charge in [0.15, 0.2) is 6.10 Å². The summed E-state index contributed by atoms with van der Waals surface area (Å²) in [6.07, 6.45) is -3.18. The molecule has 8 atom stereocenters. The first-order chi connectivity index (χ1) is 17.2. The maximum Gasteiger partial charge on any atom is 0.338 e. The summed E-state index contributed by atoms with van der Waals surface area (Å²) in [4.78, 5) is 23.9. The minimum absolute atomic E-state index is 0.0103. The molecule has 2 aliphatic rings. The molecule has 196 valence electrons. The normalized spacial score (nSPS) is 31.9. The van der Waals surface area contributed by atoms with Crippen LogP contribution in [0.3, 0.4) is 0 Å². The summed E-state index contributed by atoms with van der Waals surface area (Å²) in [5.74, 6) is -0.872. The number of aliphatic hydroxyl groups is 2. The second-order valence-electron chi connectivity index (χ2n) is 9.48. The second-order valence-corrected chi connectivity index (χ2v) is 9.48. The van der Waals surface area contributed by atoms with Gasteiger partial charge in [-0.15, -0.1) is 0 Å². The van der Waals surface area contributed by atoms with Crippen molar-refractivity contribution in [3.8, 4) is 0 Å². The summed E-state index contributed by atoms with van der Waals surface area (Å²) < 4.78 is 21.6. The van der Waals surface area contributed by atoms with E-state index in [1.807, 2.05) is 26.0 Å². The van der Waals surface area contributed by atoms with Crippen LogP contribution in [0.25, 0.3) is 0 Å². The summed E-state index contributed by atoms with van der Waals surface area (Å²) in [7, 11) is 0. The van der Waals surface area contributed by atoms with Crippen LogP contribution in [0.1, 0.15) is 48.4 Å². The van der Waals surface area contributed by atoms with E-state index in [2.05, 4.69) is 0 Å². The molecule has 8 heteroatoms. The van der Waals surface area contributed by atoms with Crippen molar-refractivity contribution in [1.29, 1.82) is 0 Å². The van der Waals surface area contributed by atoms with Gasteiger partial charge < -0.3 is 29.2 Å². The van der Waals surface area contributed by atoms with Crippen LogP contribution in [-0.2, 0) is 18.9 Å². The van der Waals surface area contributed by atoms with E-state index in [1.165, 1.54) is 0 Å². The highest BCUT2D eigenvalue weighted by Gasteiger charge is 2.39. The Hall–Kier alpha value is -2.78. The van der Waals surface area contributed by atoms with Crippen molar-refractivity contribution in [3.63, 3.8) is 0 Å². The summed E-state index contributed by atoms with van der Waals surface area (Å²) in [6, 6.07) is 17.5. The lowest BCUT2D eigenvalue weighted by Gasteiger charge is -2.36. The van der Waals surface area contributed by atoms with Gasteiger partial charge in [0.1, 0.15) is 12.2 Å². The zero-order valence-electron chi connectivity index (χ0n) is 21.2. The highest BCUT2D eigenvalue weighted by atomic mass is 16.6. The van der Waals surface area contributed by atoms with Crippen molar-refractivity contribution < 1.29 is 38.7 Å². The number of aliphatic hydroxyl groups excluding tert-OH is 2. The molecule has 2 aromatic carbocycles. The molecule has 0 aromatic heterocycles. The number of ether oxygens (including phenoxy) is 4. The summed E-state index contributed by atoms with van der Waals surface area (Å²) in [5.41, 5.74) is 0.978. The molecule has 2 aliphatic heterocycles. The van der Waals surface area contributed by atoms with Gasteiger partial charge in [-0.3, -0.25) is 0 Å². The monoisotopic (exact) mass is 500 g/mol. The lowest BCUT2D eigenvalue weighted by atomic mass is 9.94. The lowest BCUT2D eigenvalue weighted by molar-refractivity contribution is -0.156. The lowest BCUT2D eigenvalue weighted by Crippen LogP contribution is -2.50. The van der Waals surface area contributed by atoms with Crippen LogP contribution < -0.4 is 0 Å². The zero-order chi connectivity index (χ0) is 26.2. The van der Waals surface area contributed by atoms with Gasteiger partial charge in [0.25, 0.3) is 0 Å². The Kier molecular flexibility index (Phi) is 10.0. The Bertz CT molecular complexity index is 887. The SMILES string of the molecule is CC1COC(C)C(O)C1OC(=O)c1ccccc1.CC1COC(C)C(OC(=O)c2ccccc2)C1O. The van der Waals surface area contributed by atoms with Crippen LogP contribution in [0.5, 0.6) is 0 Å². The molecule has 2 heterocycles. The van der Waals surface area contributed by atoms with E-state index in [4.69, 9.17) is 18.9 Å². The summed E-state index contributed by atoms with van der Waals surface area (Å²) >= 11 is 0. The maximum absolute atomic E-state index is 11.9. The standard InChI is InChI=1S/2C14H18O4/c1-9-8-17-10(2)12(15)13(9)18-14(16)11-6-4-3-5-7-11;1-9-8-17-10(2)13(12(9)15)18-14(16)11-6-4-3-5-7-11/h2*3-7,9-10,12-13,15H,8H2,1-2H3. The molecule has 8 unspecified atom stereocenters. The van der Waals surface area contributed by atoms with E-state index in [0.29, 0.717) is 24.3 Å². The molecule has 2 saturated heterocycles. The fraction of sp³-hybridized carbons (Fsp3) is 0.500. The molecule has 2 N–H and O–H groups in total. The fourth-order valence-corrected chi connectivity index (χ4v) is 4.08. The van der Waals surface area contributed by atoms with Crippen molar-refractivity contribution in [2.45, 2.75) is 64.3 Å². The van der Waals surface area contributed by atoms with Crippen LogP contribution >= 0.6 is 0 Å². The van der Waals surface area contributed by atoms with Crippen molar-refractivity contribution in [2.24, 2.45) is 11.8 Å². The number of hydrogen-bond donors (Lipinski definition) is 2. The largest absolute Gasteiger partial charge is 0.456 e.